The van der Waals surface area contributed by atoms with E-state index in [1.807, 2.05) is 11.9 Å². The number of carbonyl (C=O) groups excluding carboxylic acids is 1. The van der Waals surface area contributed by atoms with Crippen molar-refractivity contribution in [2.24, 2.45) is 5.92 Å². The lowest BCUT2D eigenvalue weighted by Crippen LogP contribution is -2.45. The van der Waals surface area contributed by atoms with Gasteiger partial charge in [-0.1, -0.05) is 27.2 Å². The Morgan fingerprint density at radius 3 is 2.62 bits per heavy atom. The Morgan fingerprint density at radius 2 is 2.19 bits per heavy atom. The van der Waals surface area contributed by atoms with E-state index in [0.717, 1.165) is 19.4 Å². The summed E-state index contributed by atoms with van der Waals surface area (Å²) in [6.07, 6.45) is 4.53. The molecule has 0 bridgehead atoms. The molecule has 3 unspecified atom stereocenters. The zero-order valence-electron chi connectivity index (χ0n) is 11.1. The van der Waals surface area contributed by atoms with Crippen LogP contribution in [0.25, 0.3) is 0 Å². The van der Waals surface area contributed by atoms with Crippen LogP contribution in [0.15, 0.2) is 0 Å². The van der Waals surface area contributed by atoms with Crippen LogP contribution in [0.3, 0.4) is 0 Å². The highest BCUT2D eigenvalue weighted by Crippen LogP contribution is 2.17. The summed E-state index contributed by atoms with van der Waals surface area (Å²) >= 11 is 0. The van der Waals surface area contributed by atoms with E-state index < -0.39 is 0 Å². The highest BCUT2D eigenvalue weighted by molar-refractivity contribution is 5.83. The molecule has 0 aromatic rings. The molecule has 0 saturated carbocycles. The first-order valence-electron chi connectivity index (χ1n) is 6.61. The van der Waals surface area contributed by atoms with Crippen LogP contribution in [0.1, 0.15) is 46.5 Å². The summed E-state index contributed by atoms with van der Waals surface area (Å²) in [6.45, 7) is 7.60. The molecule has 1 saturated heterocycles. The number of hydrogen-bond donors (Lipinski definition) is 1. The van der Waals surface area contributed by atoms with Gasteiger partial charge in [0.2, 0.25) is 5.91 Å². The fraction of sp³-hybridized carbons (Fsp3) is 0.923. The molecule has 0 radical (unpaired) electrons. The topological polar surface area (TPSA) is 32.3 Å². The molecular weight excluding hydrogens is 200 g/mol. The Kier molecular flexibility index (Phi) is 5.26. The SMILES string of the molecule is CCCC(C)C(CC)NC1CCN(C)C1=O. The van der Waals surface area contributed by atoms with Gasteiger partial charge in [0.15, 0.2) is 0 Å². The minimum absolute atomic E-state index is 0.0641. The maximum atomic E-state index is 11.8. The van der Waals surface area contributed by atoms with Gasteiger partial charge in [0.1, 0.15) is 0 Å². The molecule has 0 aliphatic carbocycles. The highest BCUT2D eigenvalue weighted by atomic mass is 16.2. The summed E-state index contributed by atoms with van der Waals surface area (Å²) in [6, 6.07) is 0.551. The Bertz CT molecular complexity index is 230. The number of likely N-dealkylation sites (N-methyl/N-ethyl adjacent to an activating group) is 1. The molecule has 94 valence electrons. The molecule has 0 spiro atoms. The Labute approximate surface area is 99.6 Å². The lowest BCUT2D eigenvalue weighted by molar-refractivity contribution is -0.128. The summed E-state index contributed by atoms with van der Waals surface area (Å²) < 4.78 is 0. The van der Waals surface area contributed by atoms with E-state index in [9.17, 15) is 4.79 Å². The van der Waals surface area contributed by atoms with E-state index in [-0.39, 0.29) is 11.9 Å². The fourth-order valence-corrected chi connectivity index (χ4v) is 2.58. The van der Waals surface area contributed by atoms with Gasteiger partial charge < -0.3 is 10.2 Å². The first kappa shape index (κ1) is 13.5. The average Bonchev–Trinajstić information content (AvgIpc) is 2.57. The largest absolute Gasteiger partial charge is 0.344 e. The van der Waals surface area contributed by atoms with Crippen molar-refractivity contribution in [3.63, 3.8) is 0 Å². The lowest BCUT2D eigenvalue weighted by atomic mass is 9.94. The van der Waals surface area contributed by atoms with E-state index in [2.05, 4.69) is 26.1 Å². The van der Waals surface area contributed by atoms with E-state index in [1.165, 1.54) is 12.8 Å². The van der Waals surface area contributed by atoms with Crippen molar-refractivity contribution in [1.82, 2.24) is 10.2 Å². The Morgan fingerprint density at radius 1 is 1.50 bits per heavy atom. The number of hydrogen-bond acceptors (Lipinski definition) is 2. The number of carbonyl (C=O) groups is 1. The predicted molar refractivity (Wildman–Crippen MR) is 67.3 cm³/mol. The van der Waals surface area contributed by atoms with Crippen molar-refractivity contribution in [1.29, 1.82) is 0 Å². The first-order chi connectivity index (χ1) is 7.60. The second-order valence-corrected chi connectivity index (χ2v) is 5.05. The quantitative estimate of drug-likeness (QED) is 0.751. The van der Waals surface area contributed by atoms with E-state index in [1.54, 1.807) is 0 Å². The van der Waals surface area contributed by atoms with Gasteiger partial charge in [0, 0.05) is 19.6 Å². The zero-order chi connectivity index (χ0) is 12.1. The highest BCUT2D eigenvalue weighted by Gasteiger charge is 2.31. The molecule has 1 aliphatic rings. The van der Waals surface area contributed by atoms with Crippen molar-refractivity contribution in [2.75, 3.05) is 13.6 Å². The summed E-state index contributed by atoms with van der Waals surface area (Å²) in [5.74, 6) is 0.927. The Hall–Kier alpha value is -0.570. The van der Waals surface area contributed by atoms with E-state index >= 15 is 0 Å². The molecule has 0 aromatic carbocycles. The van der Waals surface area contributed by atoms with Gasteiger partial charge in [-0.25, -0.2) is 0 Å². The van der Waals surface area contributed by atoms with Gasteiger partial charge in [0.05, 0.1) is 6.04 Å². The standard InChI is InChI=1S/C13H26N2O/c1-5-7-10(3)11(6-2)14-12-8-9-15(4)13(12)16/h10-12,14H,5-9H2,1-4H3. The van der Waals surface area contributed by atoms with Gasteiger partial charge in [-0.3, -0.25) is 4.79 Å². The van der Waals surface area contributed by atoms with Crippen LogP contribution in [-0.4, -0.2) is 36.5 Å². The van der Waals surface area contributed by atoms with Crippen LogP contribution in [0.4, 0.5) is 0 Å². The minimum Gasteiger partial charge on any atom is -0.344 e. The molecular formula is C13H26N2O. The number of rotatable bonds is 6. The average molecular weight is 226 g/mol. The van der Waals surface area contributed by atoms with Crippen molar-refractivity contribution in [3.05, 3.63) is 0 Å². The van der Waals surface area contributed by atoms with Crippen LogP contribution in [0, 0.1) is 5.92 Å². The van der Waals surface area contributed by atoms with E-state index in [4.69, 9.17) is 0 Å². The molecule has 1 aliphatic heterocycles. The van der Waals surface area contributed by atoms with Crippen LogP contribution >= 0.6 is 0 Å². The molecule has 3 atom stereocenters. The van der Waals surface area contributed by atoms with Crippen molar-refractivity contribution < 1.29 is 4.79 Å². The second-order valence-electron chi connectivity index (χ2n) is 5.05. The van der Waals surface area contributed by atoms with Crippen LogP contribution in [-0.2, 0) is 4.79 Å². The summed E-state index contributed by atoms with van der Waals surface area (Å²) in [5.41, 5.74) is 0. The maximum absolute atomic E-state index is 11.8. The smallest absolute Gasteiger partial charge is 0.239 e. The van der Waals surface area contributed by atoms with E-state index in [0.29, 0.717) is 12.0 Å². The molecule has 3 nitrogen and oxygen atoms in total. The van der Waals surface area contributed by atoms with Gasteiger partial charge in [0.25, 0.3) is 0 Å². The molecule has 0 aromatic heterocycles. The van der Waals surface area contributed by atoms with Gasteiger partial charge >= 0.3 is 0 Å². The van der Waals surface area contributed by atoms with Crippen LogP contribution < -0.4 is 5.32 Å². The normalized spacial score (nSPS) is 24.9. The lowest BCUT2D eigenvalue weighted by Gasteiger charge is -2.26. The number of amides is 1. The summed E-state index contributed by atoms with van der Waals surface area (Å²) in [7, 11) is 1.89. The van der Waals surface area contributed by atoms with Gasteiger partial charge in [-0.15, -0.1) is 0 Å². The maximum Gasteiger partial charge on any atom is 0.239 e. The third-order valence-electron chi connectivity index (χ3n) is 3.71. The fourth-order valence-electron chi connectivity index (χ4n) is 2.58. The first-order valence-corrected chi connectivity index (χ1v) is 6.61. The zero-order valence-corrected chi connectivity index (χ0v) is 11.1. The third-order valence-corrected chi connectivity index (χ3v) is 3.71. The van der Waals surface area contributed by atoms with Crippen molar-refractivity contribution >= 4 is 5.91 Å². The molecule has 1 N–H and O–H groups in total. The summed E-state index contributed by atoms with van der Waals surface area (Å²) in [5, 5.41) is 3.54. The summed E-state index contributed by atoms with van der Waals surface area (Å²) in [4.78, 5) is 13.6. The second kappa shape index (κ2) is 6.24. The molecule has 1 amide bonds. The molecule has 1 heterocycles. The monoisotopic (exact) mass is 226 g/mol. The molecule has 3 heteroatoms. The molecule has 1 rings (SSSR count). The number of nitrogens with one attached hydrogen (secondary N) is 1. The third kappa shape index (κ3) is 3.21. The van der Waals surface area contributed by atoms with Gasteiger partial charge in [-0.2, -0.15) is 0 Å². The van der Waals surface area contributed by atoms with Gasteiger partial charge in [-0.05, 0) is 25.2 Å². The van der Waals surface area contributed by atoms with Crippen LogP contribution in [0.5, 0.6) is 0 Å². The molecule has 16 heavy (non-hydrogen) atoms. The molecule has 1 fully saturated rings. The predicted octanol–water partition coefficient (Wildman–Crippen LogP) is 2.02. The van der Waals surface area contributed by atoms with Crippen LogP contribution in [0.2, 0.25) is 0 Å². The Balaban J connectivity index is 2.47. The van der Waals surface area contributed by atoms with Crippen molar-refractivity contribution in [3.8, 4) is 0 Å². The minimum atomic E-state index is 0.0641. The number of nitrogens with zero attached hydrogens (tertiary/aromatic N) is 1. The van der Waals surface area contributed by atoms with Crippen molar-refractivity contribution in [2.45, 2.75) is 58.5 Å². The number of likely N-dealkylation sites (tertiary alicyclic amines) is 1.